The summed E-state index contributed by atoms with van der Waals surface area (Å²) in [5.41, 5.74) is 0. The van der Waals surface area contributed by atoms with Gasteiger partial charge in [-0.2, -0.15) is 0 Å². The fraction of sp³-hybridized carbons (Fsp3) is 0.250. The Labute approximate surface area is 113 Å². The maximum absolute atomic E-state index is 11.1. The van der Waals surface area contributed by atoms with E-state index in [1.165, 1.54) is 26.8 Å². The molecule has 0 N–H and O–H groups in total. The van der Waals surface area contributed by atoms with Crippen LogP contribution in [0.3, 0.4) is 0 Å². The van der Waals surface area contributed by atoms with Crippen LogP contribution in [-0.4, -0.2) is 28.2 Å². The van der Waals surface area contributed by atoms with E-state index in [1.807, 2.05) is 0 Å². The van der Waals surface area contributed by atoms with E-state index in [2.05, 4.69) is 0 Å². The standard InChI is InChI=1S/C12H14O6Si/c1-6(13)16-9-4-5-10(19)12(18-8(3)15)11(9)17-7(2)14/h4-5H,1-3,19H3. The van der Waals surface area contributed by atoms with Gasteiger partial charge >= 0.3 is 17.9 Å². The molecule has 19 heavy (non-hydrogen) atoms. The van der Waals surface area contributed by atoms with Crippen LogP contribution in [0.5, 0.6) is 17.2 Å². The van der Waals surface area contributed by atoms with Crippen LogP contribution in [0.25, 0.3) is 0 Å². The molecule has 0 saturated carbocycles. The fourth-order valence-electron chi connectivity index (χ4n) is 1.39. The maximum atomic E-state index is 11.1. The number of esters is 3. The number of benzene rings is 1. The predicted molar refractivity (Wildman–Crippen MR) is 69.9 cm³/mol. The van der Waals surface area contributed by atoms with Crippen molar-refractivity contribution in [2.24, 2.45) is 0 Å². The van der Waals surface area contributed by atoms with E-state index in [0.717, 1.165) is 0 Å². The molecule has 0 aromatic heterocycles. The molecule has 1 aromatic rings. The monoisotopic (exact) mass is 282 g/mol. The quantitative estimate of drug-likeness (QED) is 0.420. The second-order valence-corrected chi connectivity index (χ2v) is 4.90. The van der Waals surface area contributed by atoms with Gasteiger partial charge in [-0.25, -0.2) is 0 Å². The molecule has 0 spiro atoms. The first-order valence-electron chi connectivity index (χ1n) is 5.50. The second-order valence-electron chi connectivity index (χ2n) is 3.82. The van der Waals surface area contributed by atoms with E-state index in [-0.39, 0.29) is 17.2 Å². The molecule has 0 radical (unpaired) electrons. The minimum Gasteiger partial charge on any atom is -0.423 e. The van der Waals surface area contributed by atoms with Gasteiger partial charge in [0, 0.05) is 31.0 Å². The molecule has 0 fully saturated rings. The number of rotatable bonds is 3. The van der Waals surface area contributed by atoms with E-state index in [1.54, 1.807) is 6.07 Å². The third-order valence-corrected chi connectivity index (χ3v) is 2.81. The summed E-state index contributed by atoms with van der Waals surface area (Å²) in [7, 11) is 0.568. The third kappa shape index (κ3) is 4.22. The van der Waals surface area contributed by atoms with Crippen molar-refractivity contribution in [1.82, 2.24) is 0 Å². The number of carbonyl (C=O) groups is 3. The van der Waals surface area contributed by atoms with Crippen LogP contribution in [0.15, 0.2) is 12.1 Å². The highest BCUT2D eigenvalue weighted by Crippen LogP contribution is 2.36. The van der Waals surface area contributed by atoms with Crippen LogP contribution < -0.4 is 19.4 Å². The summed E-state index contributed by atoms with van der Waals surface area (Å²) in [6, 6.07) is 3.14. The van der Waals surface area contributed by atoms with Crippen molar-refractivity contribution in [1.29, 1.82) is 0 Å². The molecular weight excluding hydrogens is 268 g/mol. The Hall–Kier alpha value is -2.15. The van der Waals surface area contributed by atoms with Crippen LogP contribution >= 0.6 is 0 Å². The Morgan fingerprint density at radius 3 is 1.79 bits per heavy atom. The Kier molecular flexibility index (Phi) is 4.82. The minimum absolute atomic E-state index is 0.0403. The SMILES string of the molecule is CC(=O)Oc1ccc([SiH3])c(OC(C)=O)c1OC(C)=O. The first kappa shape index (κ1) is 14.9. The molecule has 1 aromatic carbocycles. The zero-order valence-corrected chi connectivity index (χ0v) is 13.1. The molecule has 0 amide bonds. The Balaban J connectivity index is 3.35. The zero-order valence-electron chi connectivity index (χ0n) is 11.1. The molecule has 7 heteroatoms. The van der Waals surface area contributed by atoms with Crippen LogP contribution in [0.1, 0.15) is 20.8 Å². The normalized spacial score (nSPS) is 9.84. The second kappa shape index (κ2) is 6.14. The Morgan fingerprint density at radius 1 is 0.842 bits per heavy atom. The van der Waals surface area contributed by atoms with Crippen LogP contribution in [0, 0.1) is 0 Å². The van der Waals surface area contributed by atoms with Crippen molar-refractivity contribution in [3.63, 3.8) is 0 Å². The van der Waals surface area contributed by atoms with E-state index in [9.17, 15) is 14.4 Å². The van der Waals surface area contributed by atoms with E-state index >= 15 is 0 Å². The van der Waals surface area contributed by atoms with Gasteiger partial charge in [-0.1, -0.05) is 6.07 Å². The summed E-state index contributed by atoms with van der Waals surface area (Å²) in [6.07, 6.45) is 0. The highest BCUT2D eigenvalue weighted by atomic mass is 28.1. The van der Waals surface area contributed by atoms with Crippen molar-refractivity contribution in [2.75, 3.05) is 0 Å². The molecule has 0 aliphatic heterocycles. The van der Waals surface area contributed by atoms with Gasteiger partial charge in [0.15, 0.2) is 11.5 Å². The van der Waals surface area contributed by atoms with Gasteiger partial charge in [-0.3, -0.25) is 14.4 Å². The average molecular weight is 282 g/mol. The third-order valence-electron chi connectivity index (χ3n) is 2.02. The molecule has 0 unspecified atom stereocenters. The lowest BCUT2D eigenvalue weighted by atomic mass is 10.3. The fourth-order valence-corrected chi connectivity index (χ4v) is 1.88. The summed E-state index contributed by atoms with van der Waals surface area (Å²) in [6.45, 7) is 3.66. The average Bonchev–Trinajstić information content (AvgIpc) is 2.25. The molecule has 0 heterocycles. The molecule has 0 saturated heterocycles. The lowest BCUT2D eigenvalue weighted by molar-refractivity contribution is -0.135. The summed E-state index contributed by atoms with van der Waals surface area (Å²) >= 11 is 0. The maximum Gasteiger partial charge on any atom is 0.308 e. The van der Waals surface area contributed by atoms with Crippen molar-refractivity contribution in [2.45, 2.75) is 20.8 Å². The van der Waals surface area contributed by atoms with E-state index in [4.69, 9.17) is 14.2 Å². The molecule has 1 rings (SSSR count). The first-order valence-corrected chi connectivity index (χ1v) is 6.50. The molecule has 0 atom stereocenters. The summed E-state index contributed by atoms with van der Waals surface area (Å²) in [5.74, 6) is -1.61. The largest absolute Gasteiger partial charge is 0.423 e. The number of carbonyl (C=O) groups excluding carboxylic acids is 3. The zero-order chi connectivity index (χ0) is 14.6. The Morgan fingerprint density at radius 2 is 1.32 bits per heavy atom. The van der Waals surface area contributed by atoms with Crippen LogP contribution in [0.4, 0.5) is 0 Å². The van der Waals surface area contributed by atoms with E-state index in [0.29, 0.717) is 15.4 Å². The van der Waals surface area contributed by atoms with E-state index < -0.39 is 17.9 Å². The van der Waals surface area contributed by atoms with Gasteiger partial charge in [0.1, 0.15) is 0 Å². The highest BCUT2D eigenvalue weighted by molar-refractivity contribution is 6.34. The number of hydrogen-bond acceptors (Lipinski definition) is 6. The molecular formula is C12H14O6Si. The Bertz CT molecular complexity index is 537. The van der Waals surface area contributed by atoms with Gasteiger partial charge in [-0.05, 0) is 11.3 Å². The summed E-state index contributed by atoms with van der Waals surface area (Å²) < 4.78 is 14.9. The molecule has 0 aliphatic rings. The highest BCUT2D eigenvalue weighted by Gasteiger charge is 2.20. The molecule has 102 valence electrons. The molecule has 0 aliphatic carbocycles. The van der Waals surface area contributed by atoms with Crippen LogP contribution in [-0.2, 0) is 14.4 Å². The summed E-state index contributed by atoms with van der Waals surface area (Å²) in [5, 5.41) is 0.711. The van der Waals surface area contributed by atoms with Crippen molar-refractivity contribution >= 4 is 33.3 Å². The van der Waals surface area contributed by atoms with Crippen LogP contribution in [0.2, 0.25) is 0 Å². The lowest BCUT2D eigenvalue weighted by Gasteiger charge is -2.14. The topological polar surface area (TPSA) is 78.9 Å². The summed E-state index contributed by atoms with van der Waals surface area (Å²) in [4.78, 5) is 33.2. The van der Waals surface area contributed by atoms with Gasteiger partial charge < -0.3 is 14.2 Å². The minimum atomic E-state index is -0.603. The number of ether oxygens (including phenoxy) is 3. The van der Waals surface area contributed by atoms with Gasteiger partial charge in [0.2, 0.25) is 5.75 Å². The number of hydrogen-bond donors (Lipinski definition) is 0. The van der Waals surface area contributed by atoms with Crippen molar-refractivity contribution < 1.29 is 28.6 Å². The smallest absolute Gasteiger partial charge is 0.308 e. The van der Waals surface area contributed by atoms with Gasteiger partial charge in [-0.15, -0.1) is 0 Å². The molecule has 6 nitrogen and oxygen atoms in total. The first-order chi connectivity index (χ1) is 8.81. The predicted octanol–water partition coefficient (Wildman–Crippen LogP) is -0.547. The van der Waals surface area contributed by atoms with Gasteiger partial charge in [0.25, 0.3) is 0 Å². The van der Waals surface area contributed by atoms with Crippen molar-refractivity contribution in [3.05, 3.63) is 12.1 Å². The molecule has 0 bridgehead atoms. The van der Waals surface area contributed by atoms with Gasteiger partial charge in [0.05, 0.1) is 0 Å². The van der Waals surface area contributed by atoms with Crippen molar-refractivity contribution in [3.8, 4) is 17.2 Å². The lowest BCUT2D eigenvalue weighted by Crippen LogP contribution is -2.17.